The van der Waals surface area contributed by atoms with Gasteiger partial charge in [-0.05, 0) is 49.1 Å². The molecule has 2 aromatic carbocycles. The average molecular weight is 373 g/mol. The lowest BCUT2D eigenvalue weighted by Gasteiger charge is -2.07. The number of aromatic nitrogens is 1. The molecule has 0 radical (unpaired) electrons. The van der Waals surface area contributed by atoms with Crippen LogP contribution >= 0.6 is 23.1 Å². The largest absolute Gasteiger partial charge is 0.494 e. The third-order valence-corrected chi connectivity index (χ3v) is 5.34. The van der Waals surface area contributed by atoms with Gasteiger partial charge in [0, 0.05) is 10.5 Å². The molecule has 3 rings (SSSR count). The summed E-state index contributed by atoms with van der Waals surface area (Å²) in [6.07, 6.45) is 4.12. The van der Waals surface area contributed by atoms with Gasteiger partial charge in [-0.15, -0.1) is 11.8 Å². The Labute approximate surface area is 155 Å². The number of thiazole rings is 1. The Balaban J connectivity index is 1.72. The maximum atomic E-state index is 12.5. The van der Waals surface area contributed by atoms with E-state index in [0.717, 1.165) is 28.8 Å². The number of anilines is 1. The summed E-state index contributed by atoms with van der Waals surface area (Å²) in [4.78, 5) is 18.2. The first-order valence-corrected chi connectivity index (χ1v) is 10.2. The molecule has 1 N–H and O–H groups in total. The molecule has 0 fully saturated rings. The Morgan fingerprint density at radius 1 is 1.28 bits per heavy atom. The van der Waals surface area contributed by atoms with Gasteiger partial charge in [-0.25, -0.2) is 4.98 Å². The summed E-state index contributed by atoms with van der Waals surface area (Å²) in [6.45, 7) is 2.78. The normalized spacial score (nSPS) is 10.8. The van der Waals surface area contributed by atoms with Gasteiger partial charge in [-0.1, -0.05) is 30.7 Å². The first-order chi connectivity index (χ1) is 12.2. The van der Waals surface area contributed by atoms with Crippen LogP contribution in [0.1, 0.15) is 30.1 Å². The van der Waals surface area contributed by atoms with Crippen molar-refractivity contribution < 1.29 is 9.53 Å². The molecule has 3 aromatic rings. The molecule has 0 aliphatic carbocycles. The van der Waals surface area contributed by atoms with Crippen molar-refractivity contribution in [2.24, 2.45) is 0 Å². The Morgan fingerprint density at radius 2 is 2.16 bits per heavy atom. The van der Waals surface area contributed by atoms with Crippen LogP contribution in [0.4, 0.5) is 5.13 Å². The van der Waals surface area contributed by atoms with Crippen LogP contribution in [-0.2, 0) is 0 Å². The summed E-state index contributed by atoms with van der Waals surface area (Å²) in [6, 6.07) is 13.4. The van der Waals surface area contributed by atoms with E-state index >= 15 is 0 Å². The number of thioether (sulfide) groups is 1. The van der Waals surface area contributed by atoms with Crippen LogP contribution in [0.5, 0.6) is 5.75 Å². The molecule has 1 aromatic heterocycles. The van der Waals surface area contributed by atoms with E-state index in [9.17, 15) is 4.79 Å². The molecule has 0 atom stereocenters. The Bertz CT molecular complexity index is 877. The number of rotatable bonds is 7. The molecule has 6 heteroatoms. The number of nitrogens with one attached hydrogen (secondary N) is 1. The molecule has 0 spiro atoms. The van der Waals surface area contributed by atoms with Gasteiger partial charge in [-0.3, -0.25) is 10.1 Å². The topological polar surface area (TPSA) is 51.2 Å². The fourth-order valence-electron chi connectivity index (χ4n) is 2.32. The molecular formula is C19H20N2O2S2. The number of ether oxygens (including phenoxy) is 1. The first kappa shape index (κ1) is 17.8. The average Bonchev–Trinajstić information content (AvgIpc) is 3.03. The van der Waals surface area contributed by atoms with E-state index in [-0.39, 0.29) is 5.91 Å². The first-order valence-electron chi connectivity index (χ1n) is 8.18. The minimum atomic E-state index is -0.176. The monoisotopic (exact) mass is 372 g/mol. The Hall–Kier alpha value is -2.05. The second kappa shape index (κ2) is 8.36. The fourth-order valence-corrected chi connectivity index (χ4v) is 3.73. The SMILES string of the molecule is CCCCOc1cccc(C(=O)Nc2nc3ccc(SC)cc3s2)c1. The van der Waals surface area contributed by atoms with Crippen molar-refractivity contribution in [2.45, 2.75) is 24.7 Å². The summed E-state index contributed by atoms with van der Waals surface area (Å²) >= 11 is 3.17. The highest BCUT2D eigenvalue weighted by Gasteiger charge is 2.11. The highest BCUT2D eigenvalue weighted by Crippen LogP contribution is 2.29. The third kappa shape index (κ3) is 4.52. The lowest BCUT2D eigenvalue weighted by atomic mass is 10.2. The number of benzene rings is 2. The summed E-state index contributed by atoms with van der Waals surface area (Å²) in [5.74, 6) is 0.542. The zero-order valence-corrected chi connectivity index (χ0v) is 15.9. The summed E-state index contributed by atoms with van der Waals surface area (Å²) in [5, 5.41) is 3.49. The molecule has 25 heavy (non-hydrogen) atoms. The fraction of sp³-hybridized carbons (Fsp3) is 0.263. The standard InChI is InChI=1S/C19H20N2O2S2/c1-3-4-10-23-14-7-5-6-13(11-14)18(22)21-19-20-16-9-8-15(24-2)12-17(16)25-19/h5-9,11-12H,3-4,10H2,1-2H3,(H,20,21,22). The van der Waals surface area contributed by atoms with Crippen LogP contribution in [-0.4, -0.2) is 23.8 Å². The van der Waals surface area contributed by atoms with E-state index in [2.05, 4.69) is 23.3 Å². The van der Waals surface area contributed by atoms with Crippen LogP contribution in [0, 0.1) is 0 Å². The van der Waals surface area contributed by atoms with E-state index in [0.29, 0.717) is 17.3 Å². The van der Waals surface area contributed by atoms with Gasteiger partial charge in [0.15, 0.2) is 5.13 Å². The van der Waals surface area contributed by atoms with Crippen LogP contribution in [0.15, 0.2) is 47.4 Å². The van der Waals surface area contributed by atoms with Crippen molar-refractivity contribution in [3.63, 3.8) is 0 Å². The maximum absolute atomic E-state index is 12.5. The Morgan fingerprint density at radius 3 is 2.96 bits per heavy atom. The molecule has 0 aliphatic rings. The van der Waals surface area contributed by atoms with Crippen LogP contribution < -0.4 is 10.1 Å². The molecule has 0 unspecified atom stereocenters. The number of nitrogens with zero attached hydrogens (tertiary/aromatic N) is 1. The van der Waals surface area contributed by atoms with Crippen LogP contribution in [0.25, 0.3) is 10.2 Å². The van der Waals surface area contributed by atoms with Gasteiger partial charge < -0.3 is 4.74 Å². The summed E-state index contributed by atoms with van der Waals surface area (Å²) < 4.78 is 6.73. The van der Waals surface area contributed by atoms with Gasteiger partial charge in [0.25, 0.3) is 5.91 Å². The number of fused-ring (bicyclic) bond motifs is 1. The zero-order valence-electron chi connectivity index (χ0n) is 14.2. The minimum absolute atomic E-state index is 0.176. The molecular weight excluding hydrogens is 352 g/mol. The van der Waals surface area contributed by atoms with E-state index in [1.54, 1.807) is 23.9 Å². The molecule has 130 valence electrons. The minimum Gasteiger partial charge on any atom is -0.494 e. The molecule has 1 amide bonds. The van der Waals surface area contributed by atoms with Crippen molar-refractivity contribution in [1.82, 2.24) is 4.98 Å². The second-order valence-electron chi connectivity index (χ2n) is 5.54. The number of hydrogen-bond acceptors (Lipinski definition) is 5. The lowest BCUT2D eigenvalue weighted by molar-refractivity contribution is 0.102. The van der Waals surface area contributed by atoms with E-state index in [4.69, 9.17) is 4.74 Å². The predicted octanol–water partition coefficient (Wildman–Crippen LogP) is 5.45. The summed E-state index contributed by atoms with van der Waals surface area (Å²) in [7, 11) is 0. The quantitative estimate of drug-likeness (QED) is 0.443. The number of carbonyl (C=O) groups excluding carboxylic acids is 1. The molecule has 0 saturated heterocycles. The highest BCUT2D eigenvalue weighted by molar-refractivity contribution is 7.98. The van der Waals surface area contributed by atoms with Crippen LogP contribution in [0.3, 0.4) is 0 Å². The molecule has 1 heterocycles. The number of unbranched alkanes of at least 4 members (excludes halogenated alkanes) is 1. The molecule has 0 bridgehead atoms. The van der Waals surface area contributed by atoms with Gasteiger partial charge in [0.2, 0.25) is 0 Å². The van der Waals surface area contributed by atoms with Gasteiger partial charge >= 0.3 is 0 Å². The van der Waals surface area contributed by atoms with Crippen molar-refractivity contribution in [1.29, 1.82) is 0 Å². The number of hydrogen-bond donors (Lipinski definition) is 1. The van der Waals surface area contributed by atoms with E-state index in [1.165, 1.54) is 16.2 Å². The number of amides is 1. The Kier molecular flexibility index (Phi) is 5.94. The maximum Gasteiger partial charge on any atom is 0.257 e. The van der Waals surface area contributed by atoms with Crippen molar-refractivity contribution in [3.8, 4) is 5.75 Å². The smallest absolute Gasteiger partial charge is 0.257 e. The van der Waals surface area contributed by atoms with E-state index in [1.807, 2.05) is 30.5 Å². The lowest BCUT2D eigenvalue weighted by Crippen LogP contribution is -2.11. The zero-order chi connectivity index (χ0) is 17.6. The van der Waals surface area contributed by atoms with Crippen molar-refractivity contribution in [2.75, 3.05) is 18.2 Å². The number of carbonyl (C=O) groups is 1. The van der Waals surface area contributed by atoms with Crippen molar-refractivity contribution in [3.05, 3.63) is 48.0 Å². The molecule has 4 nitrogen and oxygen atoms in total. The van der Waals surface area contributed by atoms with Gasteiger partial charge in [0.1, 0.15) is 5.75 Å². The summed E-state index contributed by atoms with van der Waals surface area (Å²) in [5.41, 5.74) is 1.47. The molecule has 0 saturated carbocycles. The van der Waals surface area contributed by atoms with Crippen molar-refractivity contribution >= 4 is 44.4 Å². The third-order valence-electron chi connectivity index (χ3n) is 3.68. The van der Waals surface area contributed by atoms with Crippen LogP contribution in [0.2, 0.25) is 0 Å². The second-order valence-corrected chi connectivity index (χ2v) is 7.45. The highest BCUT2D eigenvalue weighted by atomic mass is 32.2. The van der Waals surface area contributed by atoms with Gasteiger partial charge in [-0.2, -0.15) is 0 Å². The van der Waals surface area contributed by atoms with E-state index < -0.39 is 0 Å². The predicted molar refractivity (Wildman–Crippen MR) is 106 cm³/mol. The molecule has 0 aliphatic heterocycles. The van der Waals surface area contributed by atoms with Gasteiger partial charge in [0.05, 0.1) is 16.8 Å².